The molecule has 0 bridgehead atoms. The van der Waals surface area contributed by atoms with Crippen molar-refractivity contribution in [2.45, 2.75) is 18.6 Å². The Bertz CT molecular complexity index is 461. The summed E-state index contributed by atoms with van der Waals surface area (Å²) in [7, 11) is 0. The van der Waals surface area contributed by atoms with Crippen molar-refractivity contribution >= 4 is 34.8 Å². The van der Waals surface area contributed by atoms with Crippen LogP contribution in [0.4, 0.5) is 0 Å². The van der Waals surface area contributed by atoms with E-state index in [0.29, 0.717) is 9.90 Å². The lowest BCUT2D eigenvalue weighted by Crippen LogP contribution is -2.40. The minimum absolute atomic E-state index is 0.0318. The van der Waals surface area contributed by atoms with Crippen LogP contribution < -0.4 is 0 Å². The van der Waals surface area contributed by atoms with Crippen molar-refractivity contribution in [1.82, 2.24) is 4.90 Å². The van der Waals surface area contributed by atoms with Gasteiger partial charge >= 0.3 is 5.97 Å². The van der Waals surface area contributed by atoms with Crippen LogP contribution in [0.2, 0.25) is 5.02 Å². The number of β-amino-alcohol motifs (C(OH)–C–C–N with tert-alkyl or cyclic N) is 1. The summed E-state index contributed by atoms with van der Waals surface area (Å²) in [6.45, 7) is 0.0318. The van der Waals surface area contributed by atoms with Crippen LogP contribution in [0.15, 0.2) is 11.4 Å². The Kier molecular flexibility index (Phi) is 3.37. The monoisotopic (exact) mass is 275 g/mol. The zero-order valence-corrected chi connectivity index (χ0v) is 10.2. The van der Waals surface area contributed by atoms with E-state index in [4.69, 9.17) is 16.7 Å². The van der Waals surface area contributed by atoms with E-state index in [9.17, 15) is 14.7 Å². The molecule has 0 aliphatic carbocycles. The molecule has 0 saturated carbocycles. The molecule has 0 aromatic carbocycles. The van der Waals surface area contributed by atoms with Gasteiger partial charge in [0.15, 0.2) is 0 Å². The molecule has 1 fully saturated rings. The van der Waals surface area contributed by atoms with Crippen molar-refractivity contribution in [2.75, 3.05) is 6.54 Å². The summed E-state index contributed by atoms with van der Waals surface area (Å²) < 4.78 is 0. The maximum Gasteiger partial charge on any atom is 0.326 e. The molecule has 5 nitrogen and oxygen atoms in total. The quantitative estimate of drug-likeness (QED) is 0.846. The van der Waals surface area contributed by atoms with Gasteiger partial charge in [-0.2, -0.15) is 0 Å². The maximum absolute atomic E-state index is 12.1. The number of hydrogen-bond acceptors (Lipinski definition) is 4. The number of carboxylic acid groups (broad SMARTS) is 1. The SMILES string of the molecule is O=C(O)C1CC(O)CN1C(=O)c1sccc1Cl. The number of halogens is 1. The van der Waals surface area contributed by atoms with E-state index in [-0.39, 0.29) is 13.0 Å². The number of rotatable bonds is 2. The molecule has 2 atom stereocenters. The van der Waals surface area contributed by atoms with Gasteiger partial charge in [0, 0.05) is 13.0 Å². The summed E-state index contributed by atoms with van der Waals surface area (Å²) in [5.41, 5.74) is 0. The minimum Gasteiger partial charge on any atom is -0.480 e. The minimum atomic E-state index is -1.11. The first-order chi connectivity index (χ1) is 8.00. The van der Waals surface area contributed by atoms with Crippen LogP contribution in [0.3, 0.4) is 0 Å². The second-order valence-electron chi connectivity index (χ2n) is 3.80. The third kappa shape index (κ3) is 2.29. The number of aliphatic hydroxyl groups excluding tert-OH is 1. The van der Waals surface area contributed by atoms with Crippen molar-refractivity contribution in [3.63, 3.8) is 0 Å². The van der Waals surface area contributed by atoms with Crippen LogP contribution >= 0.6 is 22.9 Å². The Morgan fingerprint density at radius 1 is 1.53 bits per heavy atom. The van der Waals surface area contributed by atoms with E-state index in [1.807, 2.05) is 0 Å². The molecule has 1 aliphatic rings. The molecule has 7 heteroatoms. The number of aliphatic hydroxyl groups is 1. The average molecular weight is 276 g/mol. The molecule has 92 valence electrons. The van der Waals surface area contributed by atoms with Crippen molar-refractivity contribution in [2.24, 2.45) is 0 Å². The number of carbonyl (C=O) groups excluding carboxylic acids is 1. The third-order valence-electron chi connectivity index (χ3n) is 2.64. The highest BCUT2D eigenvalue weighted by Gasteiger charge is 2.39. The topological polar surface area (TPSA) is 77.8 Å². The van der Waals surface area contributed by atoms with Gasteiger partial charge in [0.2, 0.25) is 0 Å². The first-order valence-corrected chi connectivity index (χ1v) is 6.21. The zero-order chi connectivity index (χ0) is 12.6. The van der Waals surface area contributed by atoms with E-state index in [2.05, 4.69) is 0 Å². The third-order valence-corrected chi connectivity index (χ3v) is 3.97. The number of hydrogen-bond donors (Lipinski definition) is 2. The molecule has 1 amide bonds. The van der Waals surface area contributed by atoms with E-state index < -0.39 is 24.0 Å². The molecule has 0 radical (unpaired) electrons. The summed E-state index contributed by atoms with van der Waals surface area (Å²) in [6.07, 6.45) is -0.733. The highest BCUT2D eigenvalue weighted by atomic mass is 35.5. The summed E-state index contributed by atoms with van der Waals surface area (Å²) >= 11 is 6.99. The largest absolute Gasteiger partial charge is 0.480 e. The summed E-state index contributed by atoms with van der Waals surface area (Å²) in [6, 6.07) is 0.609. The molecular weight excluding hydrogens is 266 g/mol. The molecule has 2 rings (SSSR count). The van der Waals surface area contributed by atoms with Crippen LogP contribution in [0.5, 0.6) is 0 Å². The second-order valence-corrected chi connectivity index (χ2v) is 5.12. The van der Waals surface area contributed by atoms with Crippen molar-refractivity contribution < 1.29 is 19.8 Å². The maximum atomic E-state index is 12.1. The number of nitrogens with zero attached hydrogens (tertiary/aromatic N) is 1. The van der Waals surface area contributed by atoms with Crippen LogP contribution in [-0.2, 0) is 4.79 Å². The summed E-state index contributed by atoms with van der Waals surface area (Å²) in [4.78, 5) is 24.5. The van der Waals surface area contributed by atoms with Crippen LogP contribution in [0, 0.1) is 0 Å². The van der Waals surface area contributed by atoms with E-state index in [1.165, 1.54) is 0 Å². The Hall–Kier alpha value is -1.11. The Morgan fingerprint density at radius 2 is 2.24 bits per heavy atom. The first-order valence-electron chi connectivity index (χ1n) is 4.95. The Balaban J connectivity index is 2.25. The smallest absolute Gasteiger partial charge is 0.326 e. The van der Waals surface area contributed by atoms with Crippen molar-refractivity contribution in [3.8, 4) is 0 Å². The zero-order valence-electron chi connectivity index (χ0n) is 8.67. The molecule has 17 heavy (non-hydrogen) atoms. The summed E-state index contributed by atoms with van der Waals surface area (Å²) in [5, 5.41) is 20.4. The predicted octanol–water partition coefficient (Wildman–Crippen LogP) is 1.06. The number of thiophene rings is 1. The van der Waals surface area contributed by atoms with Crippen LogP contribution in [-0.4, -0.2) is 45.7 Å². The number of carbonyl (C=O) groups is 2. The fourth-order valence-electron chi connectivity index (χ4n) is 1.85. The number of likely N-dealkylation sites (tertiary alicyclic amines) is 1. The first kappa shape index (κ1) is 12.3. The molecule has 2 heterocycles. The lowest BCUT2D eigenvalue weighted by Gasteiger charge is -2.20. The van der Waals surface area contributed by atoms with Gasteiger partial charge in [0.1, 0.15) is 10.9 Å². The predicted molar refractivity (Wildman–Crippen MR) is 62.4 cm³/mol. The highest BCUT2D eigenvalue weighted by Crippen LogP contribution is 2.27. The van der Waals surface area contributed by atoms with E-state index in [0.717, 1.165) is 16.2 Å². The normalized spacial score (nSPS) is 24.0. The van der Waals surface area contributed by atoms with Gasteiger partial charge in [-0.15, -0.1) is 11.3 Å². The lowest BCUT2D eigenvalue weighted by molar-refractivity contribution is -0.141. The highest BCUT2D eigenvalue weighted by molar-refractivity contribution is 7.12. The molecule has 0 spiro atoms. The fourth-order valence-corrected chi connectivity index (χ4v) is 2.94. The van der Waals surface area contributed by atoms with E-state index >= 15 is 0 Å². The Morgan fingerprint density at radius 3 is 2.76 bits per heavy atom. The van der Waals surface area contributed by atoms with Gasteiger partial charge in [-0.3, -0.25) is 4.79 Å². The molecule has 2 unspecified atom stereocenters. The molecule has 1 aromatic rings. The number of carboxylic acids is 1. The standard InChI is InChI=1S/C10H10ClNO4S/c11-6-1-2-17-8(6)9(14)12-4-5(13)3-7(12)10(15)16/h1-2,5,7,13H,3-4H2,(H,15,16). The van der Waals surface area contributed by atoms with Gasteiger partial charge in [-0.1, -0.05) is 11.6 Å². The van der Waals surface area contributed by atoms with Gasteiger partial charge in [-0.05, 0) is 11.4 Å². The van der Waals surface area contributed by atoms with Crippen molar-refractivity contribution in [1.29, 1.82) is 0 Å². The van der Waals surface area contributed by atoms with E-state index in [1.54, 1.807) is 11.4 Å². The summed E-state index contributed by atoms with van der Waals surface area (Å²) in [5.74, 6) is -1.54. The number of amides is 1. The molecular formula is C10H10ClNO4S. The second kappa shape index (κ2) is 4.64. The molecule has 2 N–H and O–H groups in total. The van der Waals surface area contributed by atoms with Crippen molar-refractivity contribution in [3.05, 3.63) is 21.3 Å². The van der Waals surface area contributed by atoms with Gasteiger partial charge < -0.3 is 15.1 Å². The van der Waals surface area contributed by atoms with Gasteiger partial charge in [0.05, 0.1) is 11.1 Å². The lowest BCUT2D eigenvalue weighted by atomic mass is 10.2. The molecule has 1 aliphatic heterocycles. The molecule has 1 saturated heterocycles. The van der Waals surface area contributed by atoms with Gasteiger partial charge in [-0.25, -0.2) is 4.79 Å². The van der Waals surface area contributed by atoms with Gasteiger partial charge in [0.25, 0.3) is 5.91 Å². The number of aliphatic carboxylic acids is 1. The van der Waals surface area contributed by atoms with Crippen LogP contribution in [0.1, 0.15) is 16.1 Å². The Labute approximate surface area is 106 Å². The van der Waals surface area contributed by atoms with Crippen LogP contribution in [0.25, 0.3) is 0 Å². The average Bonchev–Trinajstić information content (AvgIpc) is 2.83. The molecule has 1 aromatic heterocycles. The fraction of sp³-hybridized carbons (Fsp3) is 0.400.